The van der Waals surface area contributed by atoms with Gasteiger partial charge in [-0.25, -0.2) is 0 Å². The number of esters is 1. The molecule has 0 aliphatic carbocycles. The van der Waals surface area contributed by atoms with Crippen LogP contribution in [0.25, 0.3) is 0 Å². The van der Waals surface area contributed by atoms with E-state index in [0.717, 1.165) is 11.8 Å². The highest BCUT2D eigenvalue weighted by atomic mass is 16.6. The highest BCUT2D eigenvalue weighted by Gasteiger charge is 2.38. The van der Waals surface area contributed by atoms with Crippen molar-refractivity contribution in [2.24, 2.45) is 5.92 Å². The maximum atomic E-state index is 12.2. The molecule has 0 bridgehead atoms. The first-order valence-electron chi connectivity index (χ1n) is 7.34. The molecule has 2 N–H and O–H groups in total. The van der Waals surface area contributed by atoms with Gasteiger partial charge in [0.2, 0.25) is 0 Å². The molecule has 0 heterocycles. The third-order valence-corrected chi connectivity index (χ3v) is 2.96. The summed E-state index contributed by atoms with van der Waals surface area (Å²) in [7, 11) is 0. The van der Waals surface area contributed by atoms with Crippen molar-refractivity contribution in [3.8, 4) is 0 Å². The summed E-state index contributed by atoms with van der Waals surface area (Å²) in [4.78, 5) is 23.7. The van der Waals surface area contributed by atoms with Crippen LogP contribution < -0.4 is 0 Å². The van der Waals surface area contributed by atoms with Gasteiger partial charge in [0.05, 0.1) is 12.7 Å². The summed E-state index contributed by atoms with van der Waals surface area (Å²) in [6, 6.07) is 9.22. The second-order valence-electron chi connectivity index (χ2n) is 6.12. The van der Waals surface area contributed by atoms with Gasteiger partial charge in [-0.15, -0.1) is 0 Å². The first-order valence-corrected chi connectivity index (χ1v) is 7.34. The van der Waals surface area contributed by atoms with Gasteiger partial charge in [-0.2, -0.15) is 0 Å². The lowest BCUT2D eigenvalue weighted by molar-refractivity contribution is -0.174. The predicted molar refractivity (Wildman–Crippen MR) is 85.4 cm³/mol. The Morgan fingerprint density at radius 1 is 1.26 bits per heavy atom. The van der Waals surface area contributed by atoms with Crippen molar-refractivity contribution in [2.75, 3.05) is 0 Å². The first kappa shape index (κ1) is 18.8. The van der Waals surface area contributed by atoms with Gasteiger partial charge in [-0.3, -0.25) is 9.59 Å². The van der Waals surface area contributed by atoms with Crippen molar-refractivity contribution in [3.05, 3.63) is 35.9 Å². The molecular formula is C17H23NO5. The maximum absolute atomic E-state index is 12.2. The lowest BCUT2D eigenvalue weighted by Crippen LogP contribution is -2.41. The highest BCUT2D eigenvalue weighted by Crippen LogP contribution is 2.19. The molecular weight excluding hydrogens is 298 g/mol. The molecule has 0 aromatic heterocycles. The number of benzene rings is 1. The Labute approximate surface area is 135 Å². The van der Waals surface area contributed by atoms with E-state index in [2.05, 4.69) is 0 Å². The smallest absolute Gasteiger partial charge is 0.323 e. The Morgan fingerprint density at radius 3 is 2.35 bits per heavy atom. The summed E-state index contributed by atoms with van der Waals surface area (Å²) in [5.74, 6) is -3.65. The molecule has 0 aliphatic heterocycles. The van der Waals surface area contributed by atoms with Gasteiger partial charge >= 0.3 is 11.9 Å². The van der Waals surface area contributed by atoms with Crippen LogP contribution in [0.4, 0.5) is 0 Å². The standard InChI is InChI=1S/C17H23NO5/c1-17(2,3)23-16(21)14(15(19)20)13(9-10-18)22-11-12-7-5-4-6-8-12/h4-8,10,13-14,18H,9,11H2,1-3H3,(H,19,20). The van der Waals surface area contributed by atoms with Gasteiger partial charge in [0, 0.05) is 6.42 Å². The molecule has 0 amide bonds. The molecule has 0 fully saturated rings. The van der Waals surface area contributed by atoms with E-state index in [1.54, 1.807) is 20.8 Å². The van der Waals surface area contributed by atoms with Crippen LogP contribution in [0.1, 0.15) is 32.8 Å². The largest absolute Gasteiger partial charge is 0.481 e. The van der Waals surface area contributed by atoms with Crippen LogP contribution in [0.5, 0.6) is 0 Å². The summed E-state index contributed by atoms with van der Waals surface area (Å²) in [6.07, 6.45) is 0.0963. The van der Waals surface area contributed by atoms with E-state index in [0.29, 0.717) is 0 Å². The lowest BCUT2D eigenvalue weighted by atomic mass is 9.99. The number of carbonyl (C=O) groups excluding carboxylic acids is 1. The van der Waals surface area contributed by atoms with E-state index in [-0.39, 0.29) is 13.0 Å². The zero-order chi connectivity index (χ0) is 17.5. The van der Waals surface area contributed by atoms with Gasteiger partial charge in [0.25, 0.3) is 0 Å². The maximum Gasteiger partial charge on any atom is 0.323 e. The van der Waals surface area contributed by atoms with Crippen molar-refractivity contribution >= 4 is 18.2 Å². The molecule has 6 heteroatoms. The van der Waals surface area contributed by atoms with E-state index >= 15 is 0 Å². The van der Waals surface area contributed by atoms with Gasteiger partial charge < -0.3 is 20.0 Å². The van der Waals surface area contributed by atoms with Gasteiger partial charge in [0.1, 0.15) is 5.60 Å². The van der Waals surface area contributed by atoms with Crippen LogP contribution in [-0.4, -0.2) is 35.0 Å². The number of hydrogen-bond donors (Lipinski definition) is 2. The van der Waals surface area contributed by atoms with Crippen LogP contribution >= 0.6 is 0 Å². The first-order chi connectivity index (χ1) is 10.7. The fourth-order valence-corrected chi connectivity index (χ4v) is 1.97. The van der Waals surface area contributed by atoms with E-state index in [1.807, 2.05) is 30.3 Å². The minimum Gasteiger partial charge on any atom is -0.481 e. The number of carbonyl (C=O) groups is 2. The third-order valence-electron chi connectivity index (χ3n) is 2.96. The van der Waals surface area contributed by atoms with Crippen LogP contribution in [0, 0.1) is 11.3 Å². The number of aliphatic carboxylic acids is 1. The molecule has 0 spiro atoms. The summed E-state index contributed by atoms with van der Waals surface area (Å²) in [6.45, 7) is 5.16. The fourth-order valence-electron chi connectivity index (χ4n) is 1.97. The molecule has 0 aliphatic rings. The summed E-state index contributed by atoms with van der Waals surface area (Å²) < 4.78 is 10.8. The van der Waals surface area contributed by atoms with Crippen molar-refractivity contribution in [3.63, 3.8) is 0 Å². The van der Waals surface area contributed by atoms with Gasteiger partial charge in [0.15, 0.2) is 5.92 Å². The Hall–Kier alpha value is -2.21. The van der Waals surface area contributed by atoms with Crippen LogP contribution in [0.3, 0.4) is 0 Å². The molecule has 126 valence electrons. The topological polar surface area (TPSA) is 96.7 Å². The van der Waals surface area contributed by atoms with Crippen LogP contribution in [0.15, 0.2) is 30.3 Å². The number of ether oxygens (including phenoxy) is 2. The average Bonchev–Trinajstić information content (AvgIpc) is 2.43. The van der Waals surface area contributed by atoms with Crippen molar-refractivity contribution in [1.82, 2.24) is 0 Å². The Morgan fingerprint density at radius 2 is 1.87 bits per heavy atom. The van der Waals surface area contributed by atoms with Crippen LogP contribution in [-0.2, 0) is 25.7 Å². The molecule has 6 nitrogen and oxygen atoms in total. The molecule has 0 saturated carbocycles. The number of carboxylic acids is 1. The van der Waals surface area contributed by atoms with Crippen molar-refractivity contribution in [2.45, 2.75) is 45.5 Å². The lowest BCUT2D eigenvalue weighted by Gasteiger charge is -2.26. The summed E-state index contributed by atoms with van der Waals surface area (Å²) in [5, 5.41) is 16.6. The molecule has 0 radical (unpaired) electrons. The van der Waals surface area contributed by atoms with E-state index in [4.69, 9.17) is 14.9 Å². The Bertz CT molecular complexity index is 536. The molecule has 1 aromatic rings. The minimum absolute atomic E-state index is 0.0169. The quantitative estimate of drug-likeness (QED) is 0.436. The molecule has 2 unspecified atom stereocenters. The zero-order valence-corrected chi connectivity index (χ0v) is 13.6. The normalized spacial score (nSPS) is 13.9. The van der Waals surface area contributed by atoms with Crippen molar-refractivity contribution in [1.29, 1.82) is 5.41 Å². The van der Waals surface area contributed by atoms with Gasteiger partial charge in [-0.05, 0) is 32.5 Å². The number of carboxylic acid groups (broad SMARTS) is 1. The fraction of sp³-hybridized carbons (Fsp3) is 0.471. The molecule has 2 atom stereocenters. The monoisotopic (exact) mass is 321 g/mol. The molecule has 0 saturated heterocycles. The van der Waals surface area contributed by atoms with Crippen molar-refractivity contribution < 1.29 is 24.2 Å². The SMILES string of the molecule is CC(C)(C)OC(=O)C(C(=O)O)C(CC=N)OCc1ccccc1. The average molecular weight is 321 g/mol. The zero-order valence-electron chi connectivity index (χ0n) is 13.6. The Balaban J connectivity index is 2.86. The van der Waals surface area contributed by atoms with Crippen LogP contribution in [0.2, 0.25) is 0 Å². The number of hydrogen-bond acceptors (Lipinski definition) is 5. The molecule has 23 heavy (non-hydrogen) atoms. The third kappa shape index (κ3) is 6.61. The molecule has 1 aromatic carbocycles. The predicted octanol–water partition coefficient (Wildman–Crippen LogP) is 2.65. The second kappa shape index (κ2) is 8.43. The summed E-state index contributed by atoms with van der Waals surface area (Å²) >= 11 is 0. The second-order valence-corrected chi connectivity index (χ2v) is 6.12. The Kier molecular flexibility index (Phi) is 6.90. The van der Waals surface area contributed by atoms with E-state index < -0.39 is 29.6 Å². The highest BCUT2D eigenvalue weighted by molar-refractivity contribution is 5.95. The molecule has 1 rings (SSSR count). The van der Waals surface area contributed by atoms with E-state index in [9.17, 15) is 14.7 Å². The van der Waals surface area contributed by atoms with Gasteiger partial charge in [-0.1, -0.05) is 30.3 Å². The minimum atomic E-state index is -1.47. The summed E-state index contributed by atoms with van der Waals surface area (Å²) in [5.41, 5.74) is 0.0650. The number of nitrogens with one attached hydrogen (secondary N) is 1. The number of rotatable bonds is 8. The van der Waals surface area contributed by atoms with E-state index in [1.165, 1.54) is 0 Å².